The summed E-state index contributed by atoms with van der Waals surface area (Å²) in [5.41, 5.74) is 22.1. The third-order valence-corrected chi connectivity index (χ3v) is 3.52. The lowest BCUT2D eigenvalue weighted by Crippen LogP contribution is -2.05. The minimum absolute atomic E-state index is 0. The number of aryl methyl sites for hydroxylation is 1. The molecule has 23 heavy (non-hydrogen) atoms. The highest BCUT2D eigenvalue weighted by Crippen LogP contribution is 2.28. The molecule has 2 heterocycles. The summed E-state index contributed by atoms with van der Waals surface area (Å²) < 4.78 is 0. The molecule has 0 aliphatic heterocycles. The zero-order valence-corrected chi connectivity index (χ0v) is 14.1. The zero-order valence-electron chi connectivity index (χ0n) is 12.5. The van der Waals surface area contributed by atoms with Crippen LogP contribution in [0.3, 0.4) is 0 Å². The molecule has 6 nitrogen and oxygen atoms in total. The fourth-order valence-corrected chi connectivity index (χ4v) is 2.41. The number of rotatable bonds is 2. The second-order valence-electron chi connectivity index (χ2n) is 4.98. The van der Waals surface area contributed by atoms with Crippen molar-refractivity contribution in [3.05, 3.63) is 47.3 Å². The van der Waals surface area contributed by atoms with E-state index >= 15 is 0 Å². The van der Waals surface area contributed by atoms with Crippen LogP contribution in [-0.4, -0.2) is 15.0 Å². The molecule has 1 aromatic carbocycles. The van der Waals surface area contributed by atoms with Crippen LogP contribution < -0.4 is 17.2 Å². The Morgan fingerprint density at radius 1 is 1.04 bits per heavy atom. The van der Waals surface area contributed by atoms with E-state index in [0.29, 0.717) is 12.2 Å². The highest BCUT2D eigenvalue weighted by molar-refractivity contribution is 5.94. The SMILES string of the molecule is Cc1cc(Cc2cnc(N)nc2N)c2ncccc2c1N.Cl.Cl. The molecule has 2 aromatic heterocycles. The lowest BCUT2D eigenvalue weighted by molar-refractivity contribution is 1.09. The summed E-state index contributed by atoms with van der Waals surface area (Å²) in [5, 5.41) is 0.947. The summed E-state index contributed by atoms with van der Waals surface area (Å²) in [6.45, 7) is 1.98. The van der Waals surface area contributed by atoms with Gasteiger partial charge >= 0.3 is 0 Å². The van der Waals surface area contributed by atoms with Gasteiger partial charge in [-0.15, -0.1) is 24.8 Å². The van der Waals surface area contributed by atoms with Crippen molar-refractivity contribution >= 4 is 53.2 Å². The van der Waals surface area contributed by atoms with Gasteiger partial charge in [0.15, 0.2) is 0 Å². The molecule has 122 valence electrons. The van der Waals surface area contributed by atoms with Crippen LogP contribution in [0.4, 0.5) is 17.5 Å². The van der Waals surface area contributed by atoms with Crippen molar-refractivity contribution in [3.8, 4) is 0 Å². The van der Waals surface area contributed by atoms with Crippen LogP contribution in [0, 0.1) is 6.92 Å². The summed E-state index contributed by atoms with van der Waals surface area (Å²) in [5.74, 6) is 0.564. The number of pyridine rings is 1. The van der Waals surface area contributed by atoms with Gasteiger partial charge in [0, 0.05) is 35.5 Å². The number of nitrogens with two attached hydrogens (primary N) is 3. The standard InChI is InChI=1S/C15H16N6.2ClH/c1-8-5-9(6-10-7-20-15(18)21-14(10)17)13-11(12(8)16)3-2-4-19-13;;/h2-5,7H,6,16H2,1H3,(H4,17,18,20,21);2*1H. The summed E-state index contributed by atoms with van der Waals surface area (Å²) in [4.78, 5) is 12.4. The molecule has 0 unspecified atom stereocenters. The predicted molar refractivity (Wildman–Crippen MR) is 99.1 cm³/mol. The fourth-order valence-electron chi connectivity index (χ4n) is 2.41. The van der Waals surface area contributed by atoms with Crippen LogP contribution in [0.2, 0.25) is 0 Å². The Labute approximate surface area is 146 Å². The van der Waals surface area contributed by atoms with Gasteiger partial charge in [-0.25, -0.2) is 4.98 Å². The average molecular weight is 353 g/mol. The fraction of sp³-hybridized carbons (Fsp3) is 0.133. The van der Waals surface area contributed by atoms with Gasteiger partial charge in [0.05, 0.1) is 5.52 Å². The molecule has 0 aliphatic rings. The van der Waals surface area contributed by atoms with E-state index < -0.39 is 0 Å². The maximum atomic E-state index is 6.12. The molecule has 0 spiro atoms. The highest BCUT2D eigenvalue weighted by atomic mass is 35.5. The van der Waals surface area contributed by atoms with E-state index in [4.69, 9.17) is 17.2 Å². The van der Waals surface area contributed by atoms with Crippen molar-refractivity contribution in [1.29, 1.82) is 0 Å². The van der Waals surface area contributed by atoms with Gasteiger partial charge in [-0.1, -0.05) is 6.07 Å². The zero-order chi connectivity index (χ0) is 15.0. The summed E-state index contributed by atoms with van der Waals surface area (Å²) in [7, 11) is 0. The van der Waals surface area contributed by atoms with E-state index in [0.717, 1.165) is 33.3 Å². The third kappa shape index (κ3) is 3.55. The molecular weight excluding hydrogens is 335 g/mol. The van der Waals surface area contributed by atoms with Crippen LogP contribution in [0.5, 0.6) is 0 Å². The molecule has 0 bridgehead atoms. The van der Waals surface area contributed by atoms with Gasteiger partial charge in [-0.3, -0.25) is 4.98 Å². The lowest BCUT2D eigenvalue weighted by atomic mass is 9.99. The van der Waals surface area contributed by atoms with Gasteiger partial charge in [0.2, 0.25) is 5.95 Å². The molecule has 6 N–H and O–H groups in total. The lowest BCUT2D eigenvalue weighted by Gasteiger charge is -2.11. The topological polar surface area (TPSA) is 117 Å². The number of aromatic nitrogens is 3. The molecule has 0 atom stereocenters. The monoisotopic (exact) mass is 352 g/mol. The first-order valence-corrected chi connectivity index (χ1v) is 6.56. The van der Waals surface area contributed by atoms with E-state index in [1.54, 1.807) is 12.4 Å². The molecule has 8 heteroatoms. The first kappa shape index (κ1) is 18.7. The minimum Gasteiger partial charge on any atom is -0.398 e. The maximum Gasteiger partial charge on any atom is 0.221 e. The summed E-state index contributed by atoms with van der Waals surface area (Å²) in [6.07, 6.45) is 3.99. The van der Waals surface area contributed by atoms with Gasteiger partial charge in [0.25, 0.3) is 0 Å². The Bertz CT molecular complexity index is 838. The second kappa shape index (κ2) is 7.30. The molecule has 3 rings (SSSR count). The molecule has 0 radical (unpaired) electrons. The Kier molecular flexibility index (Phi) is 5.95. The number of hydrogen-bond donors (Lipinski definition) is 3. The summed E-state index contributed by atoms with van der Waals surface area (Å²) in [6, 6.07) is 5.88. The van der Waals surface area contributed by atoms with E-state index in [1.807, 2.05) is 25.1 Å². The maximum absolute atomic E-state index is 6.12. The molecule has 0 amide bonds. The number of hydrogen-bond acceptors (Lipinski definition) is 6. The first-order valence-electron chi connectivity index (χ1n) is 6.56. The molecule has 0 saturated heterocycles. The second-order valence-corrected chi connectivity index (χ2v) is 4.98. The van der Waals surface area contributed by atoms with Crippen molar-refractivity contribution in [2.24, 2.45) is 0 Å². The average Bonchev–Trinajstić information content (AvgIpc) is 2.47. The molecule has 3 aromatic rings. The number of anilines is 3. The van der Waals surface area contributed by atoms with Crippen LogP contribution in [-0.2, 0) is 6.42 Å². The van der Waals surface area contributed by atoms with Crippen LogP contribution in [0.1, 0.15) is 16.7 Å². The number of fused-ring (bicyclic) bond motifs is 1. The Morgan fingerprint density at radius 3 is 2.48 bits per heavy atom. The van der Waals surface area contributed by atoms with Crippen LogP contribution in [0.15, 0.2) is 30.6 Å². The minimum atomic E-state index is 0. The van der Waals surface area contributed by atoms with Crippen molar-refractivity contribution in [2.75, 3.05) is 17.2 Å². The highest BCUT2D eigenvalue weighted by Gasteiger charge is 2.11. The van der Waals surface area contributed by atoms with Gasteiger partial charge in [0.1, 0.15) is 5.82 Å². The Balaban J connectivity index is 0.00000132. The van der Waals surface area contributed by atoms with Crippen molar-refractivity contribution in [3.63, 3.8) is 0 Å². The van der Waals surface area contributed by atoms with Gasteiger partial charge in [-0.2, -0.15) is 4.98 Å². The summed E-state index contributed by atoms with van der Waals surface area (Å²) >= 11 is 0. The van der Waals surface area contributed by atoms with E-state index in [1.165, 1.54) is 0 Å². The molecule has 0 saturated carbocycles. The normalized spacial score (nSPS) is 9.96. The van der Waals surface area contributed by atoms with Crippen LogP contribution in [0.25, 0.3) is 10.9 Å². The quantitative estimate of drug-likeness (QED) is 0.610. The van der Waals surface area contributed by atoms with Gasteiger partial charge < -0.3 is 17.2 Å². The number of halogens is 2. The predicted octanol–water partition coefficient (Wildman–Crippen LogP) is 2.51. The van der Waals surface area contributed by atoms with Crippen LogP contribution >= 0.6 is 24.8 Å². The molecule has 0 aliphatic carbocycles. The smallest absolute Gasteiger partial charge is 0.221 e. The van der Waals surface area contributed by atoms with Gasteiger partial charge in [-0.05, 0) is 30.2 Å². The first-order chi connectivity index (χ1) is 10.1. The van der Waals surface area contributed by atoms with Crippen molar-refractivity contribution in [1.82, 2.24) is 15.0 Å². The molecule has 0 fully saturated rings. The van der Waals surface area contributed by atoms with Crippen molar-refractivity contribution < 1.29 is 0 Å². The largest absolute Gasteiger partial charge is 0.398 e. The Hall–Kier alpha value is -2.31. The van der Waals surface area contributed by atoms with E-state index in [9.17, 15) is 0 Å². The van der Waals surface area contributed by atoms with E-state index in [-0.39, 0.29) is 30.8 Å². The van der Waals surface area contributed by atoms with E-state index in [2.05, 4.69) is 15.0 Å². The number of benzene rings is 1. The number of nitrogens with zero attached hydrogens (tertiary/aromatic N) is 3. The van der Waals surface area contributed by atoms with Crippen molar-refractivity contribution in [2.45, 2.75) is 13.3 Å². The third-order valence-electron chi connectivity index (χ3n) is 3.52. The molecular formula is C15H18Cl2N6. The number of nitrogen functional groups attached to an aromatic ring is 3. The Morgan fingerprint density at radius 2 is 1.78 bits per heavy atom.